The number of ether oxygens (including phenoxy) is 2. The molecule has 13 nitrogen and oxygen atoms in total. The first-order chi connectivity index (χ1) is 14.6. The summed E-state index contributed by atoms with van der Waals surface area (Å²) in [6, 6.07) is 0.129. The van der Waals surface area contributed by atoms with Crippen molar-refractivity contribution in [2.24, 2.45) is 11.5 Å². The molecule has 0 aliphatic carbocycles. The van der Waals surface area contributed by atoms with Crippen molar-refractivity contribution in [3.05, 3.63) is 34.9 Å². The van der Waals surface area contributed by atoms with Crippen molar-refractivity contribution in [1.82, 2.24) is 19.8 Å². The van der Waals surface area contributed by atoms with Crippen LogP contribution >= 0.6 is 0 Å². The van der Waals surface area contributed by atoms with Gasteiger partial charge in [0.05, 0.1) is 13.2 Å². The lowest BCUT2D eigenvalue weighted by Gasteiger charge is -2.31. The normalized spacial score (nSPS) is 21.2. The summed E-state index contributed by atoms with van der Waals surface area (Å²) in [6.07, 6.45) is 2.78. The number of methoxy groups -OCH3 is 1. The molecule has 1 aliphatic heterocycles. The molecule has 0 saturated heterocycles. The molecule has 1 aromatic rings. The van der Waals surface area contributed by atoms with E-state index in [0.29, 0.717) is 13.0 Å². The molecule has 8 N–H and O–H groups in total. The van der Waals surface area contributed by atoms with Crippen molar-refractivity contribution in [1.29, 1.82) is 5.41 Å². The molecule has 1 amide bonds. The molecular formula is C18H28N8O5. The standard InChI is InChI=1S/C18H28N8O5/c1-25(17(21)22)7-5-10(19)9-13(27)23-11-3-4-14(31-15(11)16(28)30-2)26-8-6-12(20)24-18(26)29/h3-4,6,8,10-11,14-15H,5,7,9,19H2,1-2H3,(H3,21,22)(H,23,27)(H2,20,24,29)/t10-,11-,14+,15-/m0/s1. The van der Waals surface area contributed by atoms with Gasteiger partial charge in [0.15, 0.2) is 18.3 Å². The number of carbonyl (C=O) groups is 2. The van der Waals surface area contributed by atoms with Gasteiger partial charge in [-0.25, -0.2) is 9.59 Å². The smallest absolute Gasteiger partial charge is 0.351 e. The minimum atomic E-state index is -1.19. The summed E-state index contributed by atoms with van der Waals surface area (Å²) >= 11 is 0. The molecule has 0 unspecified atom stereocenters. The van der Waals surface area contributed by atoms with E-state index in [1.807, 2.05) is 0 Å². The summed E-state index contributed by atoms with van der Waals surface area (Å²) in [5, 5.41) is 10.0. The summed E-state index contributed by atoms with van der Waals surface area (Å²) in [4.78, 5) is 41.8. The maximum absolute atomic E-state index is 12.4. The van der Waals surface area contributed by atoms with Crippen LogP contribution in [0.4, 0.5) is 5.82 Å². The molecule has 0 bridgehead atoms. The minimum Gasteiger partial charge on any atom is -0.467 e. The van der Waals surface area contributed by atoms with E-state index in [4.69, 9.17) is 32.1 Å². The summed E-state index contributed by atoms with van der Waals surface area (Å²) in [7, 11) is 2.84. The van der Waals surface area contributed by atoms with Gasteiger partial charge in [-0.1, -0.05) is 6.08 Å². The van der Waals surface area contributed by atoms with Crippen LogP contribution in [0.25, 0.3) is 0 Å². The van der Waals surface area contributed by atoms with E-state index in [1.54, 1.807) is 13.1 Å². The Kier molecular flexibility index (Phi) is 8.10. The van der Waals surface area contributed by atoms with Gasteiger partial charge in [-0.15, -0.1) is 0 Å². The van der Waals surface area contributed by atoms with Gasteiger partial charge in [0.2, 0.25) is 5.91 Å². The van der Waals surface area contributed by atoms with Crippen molar-refractivity contribution < 1.29 is 19.1 Å². The fourth-order valence-electron chi connectivity index (χ4n) is 2.88. The fourth-order valence-corrected chi connectivity index (χ4v) is 2.88. The van der Waals surface area contributed by atoms with Crippen LogP contribution in [0.3, 0.4) is 0 Å². The molecule has 0 fully saturated rings. The quantitative estimate of drug-likeness (QED) is 0.129. The van der Waals surface area contributed by atoms with Gasteiger partial charge in [-0.05, 0) is 18.6 Å². The van der Waals surface area contributed by atoms with E-state index in [9.17, 15) is 14.4 Å². The Morgan fingerprint density at radius 1 is 1.45 bits per heavy atom. The van der Waals surface area contributed by atoms with Gasteiger partial charge in [-0.2, -0.15) is 4.98 Å². The Balaban J connectivity index is 2.05. The largest absolute Gasteiger partial charge is 0.467 e. The number of nitrogen functional groups attached to an aromatic ring is 1. The lowest BCUT2D eigenvalue weighted by Crippen LogP contribution is -2.51. The number of aromatic nitrogens is 2. The van der Waals surface area contributed by atoms with E-state index in [0.717, 1.165) is 4.57 Å². The maximum atomic E-state index is 12.4. The highest BCUT2D eigenvalue weighted by atomic mass is 16.6. The van der Waals surface area contributed by atoms with Gasteiger partial charge >= 0.3 is 11.7 Å². The Morgan fingerprint density at radius 2 is 2.16 bits per heavy atom. The van der Waals surface area contributed by atoms with Crippen LogP contribution < -0.4 is 28.2 Å². The molecule has 13 heteroatoms. The van der Waals surface area contributed by atoms with Crippen LogP contribution in [0.1, 0.15) is 19.1 Å². The molecule has 0 aromatic carbocycles. The molecule has 2 rings (SSSR count). The molecule has 0 spiro atoms. The molecule has 2 heterocycles. The highest BCUT2D eigenvalue weighted by Gasteiger charge is 2.36. The van der Waals surface area contributed by atoms with Gasteiger partial charge < -0.3 is 36.9 Å². The fraction of sp³-hybridized carbons (Fsp3) is 0.500. The highest BCUT2D eigenvalue weighted by Crippen LogP contribution is 2.21. The van der Waals surface area contributed by atoms with Crippen molar-refractivity contribution in [3.8, 4) is 0 Å². The number of nitrogens with one attached hydrogen (secondary N) is 2. The first-order valence-corrected chi connectivity index (χ1v) is 9.48. The number of anilines is 1. The highest BCUT2D eigenvalue weighted by molar-refractivity contribution is 5.81. The SMILES string of the molecule is COC(=O)[C@H]1O[C@@H](n2ccc(N)nc2=O)C=C[C@@H]1NC(=O)C[C@@H](N)CCN(C)C(=N)N. The zero-order valence-corrected chi connectivity index (χ0v) is 17.4. The zero-order chi connectivity index (χ0) is 23.1. The maximum Gasteiger partial charge on any atom is 0.351 e. The molecule has 31 heavy (non-hydrogen) atoms. The average Bonchev–Trinajstić information content (AvgIpc) is 2.71. The number of carbonyl (C=O) groups excluding carboxylic acids is 2. The summed E-state index contributed by atoms with van der Waals surface area (Å²) in [5.41, 5.74) is 16.2. The van der Waals surface area contributed by atoms with E-state index in [-0.39, 0.29) is 18.2 Å². The Morgan fingerprint density at radius 3 is 2.77 bits per heavy atom. The topological polar surface area (TPSA) is 205 Å². The second-order valence-electron chi connectivity index (χ2n) is 7.05. The van der Waals surface area contributed by atoms with Gasteiger partial charge in [-0.3, -0.25) is 14.8 Å². The molecule has 1 aromatic heterocycles. The van der Waals surface area contributed by atoms with Crippen LogP contribution in [0.2, 0.25) is 0 Å². The number of guanidine groups is 1. The van der Waals surface area contributed by atoms with Crippen molar-refractivity contribution in [2.75, 3.05) is 26.4 Å². The van der Waals surface area contributed by atoms with Crippen LogP contribution in [-0.2, 0) is 19.1 Å². The second-order valence-corrected chi connectivity index (χ2v) is 7.05. The number of rotatable bonds is 8. The summed E-state index contributed by atoms with van der Waals surface area (Å²) in [6.45, 7) is 0.424. The lowest BCUT2D eigenvalue weighted by molar-refractivity contribution is -0.162. The number of esters is 1. The van der Waals surface area contributed by atoms with Crippen LogP contribution in [0, 0.1) is 5.41 Å². The van der Waals surface area contributed by atoms with Crippen LogP contribution in [-0.4, -0.2) is 71.2 Å². The van der Waals surface area contributed by atoms with E-state index in [1.165, 1.54) is 30.3 Å². The van der Waals surface area contributed by atoms with Crippen LogP contribution in [0.5, 0.6) is 0 Å². The predicted molar refractivity (Wildman–Crippen MR) is 112 cm³/mol. The summed E-state index contributed by atoms with van der Waals surface area (Å²) in [5.74, 6) is -1.15. The molecule has 0 radical (unpaired) electrons. The number of amides is 1. The number of hydrogen-bond donors (Lipinski definition) is 5. The van der Waals surface area contributed by atoms with Crippen LogP contribution in [0.15, 0.2) is 29.2 Å². The van der Waals surface area contributed by atoms with E-state index in [2.05, 4.69) is 10.3 Å². The third-order valence-corrected chi connectivity index (χ3v) is 4.68. The molecular weight excluding hydrogens is 408 g/mol. The van der Waals surface area contributed by atoms with E-state index < -0.39 is 42.0 Å². The second kappa shape index (κ2) is 10.5. The first kappa shape index (κ1) is 23.8. The van der Waals surface area contributed by atoms with Crippen molar-refractivity contribution in [2.45, 2.75) is 37.3 Å². The molecule has 1 aliphatic rings. The Hall–Kier alpha value is -3.45. The van der Waals surface area contributed by atoms with Gasteiger partial charge in [0, 0.05) is 32.3 Å². The first-order valence-electron chi connectivity index (χ1n) is 9.48. The molecule has 170 valence electrons. The Labute approximate surface area is 178 Å². The average molecular weight is 436 g/mol. The van der Waals surface area contributed by atoms with Gasteiger partial charge in [0.25, 0.3) is 0 Å². The number of nitrogens with zero attached hydrogens (tertiary/aromatic N) is 3. The zero-order valence-electron chi connectivity index (χ0n) is 17.4. The Bertz CT molecular complexity index is 901. The monoisotopic (exact) mass is 436 g/mol. The molecule has 0 saturated carbocycles. The van der Waals surface area contributed by atoms with E-state index >= 15 is 0 Å². The molecule has 4 atom stereocenters. The predicted octanol–water partition coefficient (Wildman–Crippen LogP) is -2.13. The third kappa shape index (κ3) is 6.52. The van der Waals surface area contributed by atoms with Gasteiger partial charge in [0.1, 0.15) is 5.82 Å². The van der Waals surface area contributed by atoms with Crippen molar-refractivity contribution in [3.63, 3.8) is 0 Å². The number of hydrogen-bond acceptors (Lipinski definition) is 9. The lowest BCUT2D eigenvalue weighted by atomic mass is 10.1. The summed E-state index contributed by atoms with van der Waals surface area (Å²) < 4.78 is 11.6. The van der Waals surface area contributed by atoms with Crippen molar-refractivity contribution >= 4 is 23.7 Å². The third-order valence-electron chi connectivity index (χ3n) is 4.68. The number of nitrogens with two attached hydrogens (primary N) is 3. The minimum absolute atomic E-state index is 0.00521.